The number of benzene rings is 2. The van der Waals surface area contributed by atoms with Crippen LogP contribution in [-0.2, 0) is 9.84 Å². The molecule has 0 radical (unpaired) electrons. The first-order chi connectivity index (χ1) is 10.2. The summed E-state index contributed by atoms with van der Waals surface area (Å²) in [7, 11) is -1.78. The number of amides is 1. The lowest BCUT2D eigenvalue weighted by Gasteiger charge is -2.18. The van der Waals surface area contributed by atoms with Gasteiger partial charge in [0.1, 0.15) is 5.82 Å². The molecule has 1 amide bonds. The van der Waals surface area contributed by atoms with Gasteiger partial charge in [-0.3, -0.25) is 4.79 Å². The van der Waals surface area contributed by atoms with Gasteiger partial charge in [-0.1, -0.05) is 11.6 Å². The summed E-state index contributed by atoms with van der Waals surface area (Å²) in [6.45, 7) is 0. The minimum atomic E-state index is -3.30. The van der Waals surface area contributed by atoms with Crippen molar-refractivity contribution in [1.82, 2.24) is 0 Å². The second kappa shape index (κ2) is 6.06. The van der Waals surface area contributed by atoms with Gasteiger partial charge in [0.05, 0.1) is 9.92 Å². The molecule has 22 heavy (non-hydrogen) atoms. The average molecular weight is 342 g/mol. The predicted octanol–water partition coefficient (Wildman–Crippen LogP) is 3.16. The van der Waals surface area contributed by atoms with Crippen LogP contribution in [0.2, 0.25) is 5.02 Å². The Hall–Kier alpha value is -1.92. The van der Waals surface area contributed by atoms with Crippen LogP contribution in [0.1, 0.15) is 10.4 Å². The summed E-state index contributed by atoms with van der Waals surface area (Å²) in [6, 6.07) is 9.65. The Kier molecular flexibility index (Phi) is 4.53. The minimum Gasteiger partial charge on any atom is -0.311 e. The van der Waals surface area contributed by atoms with Crippen LogP contribution in [0.3, 0.4) is 0 Å². The number of anilines is 1. The molecule has 0 N–H and O–H groups in total. The molecule has 7 heteroatoms. The van der Waals surface area contributed by atoms with Crippen LogP contribution in [0.5, 0.6) is 0 Å². The van der Waals surface area contributed by atoms with Crippen molar-refractivity contribution in [3.8, 4) is 0 Å². The van der Waals surface area contributed by atoms with E-state index in [1.165, 1.54) is 48.3 Å². The van der Waals surface area contributed by atoms with Crippen molar-refractivity contribution < 1.29 is 17.6 Å². The predicted molar refractivity (Wildman–Crippen MR) is 83.7 cm³/mol. The van der Waals surface area contributed by atoms with Crippen molar-refractivity contribution in [1.29, 1.82) is 0 Å². The molecule has 0 fully saturated rings. The van der Waals surface area contributed by atoms with E-state index in [1.54, 1.807) is 0 Å². The topological polar surface area (TPSA) is 54.5 Å². The molecule has 0 aromatic heterocycles. The van der Waals surface area contributed by atoms with E-state index in [4.69, 9.17) is 11.6 Å². The van der Waals surface area contributed by atoms with Crippen LogP contribution >= 0.6 is 11.6 Å². The third kappa shape index (κ3) is 3.45. The Labute approximate surface area is 133 Å². The summed E-state index contributed by atoms with van der Waals surface area (Å²) < 4.78 is 36.2. The van der Waals surface area contributed by atoms with Crippen LogP contribution in [0.25, 0.3) is 0 Å². The highest BCUT2D eigenvalue weighted by Gasteiger charge is 2.16. The van der Waals surface area contributed by atoms with E-state index in [0.29, 0.717) is 5.69 Å². The maximum Gasteiger partial charge on any atom is 0.258 e. The van der Waals surface area contributed by atoms with E-state index < -0.39 is 21.6 Å². The van der Waals surface area contributed by atoms with Crippen molar-refractivity contribution in [2.75, 3.05) is 18.2 Å². The Morgan fingerprint density at radius 1 is 1.14 bits per heavy atom. The number of carbonyl (C=O) groups is 1. The Bertz CT molecular complexity index is 819. The molecule has 2 rings (SSSR count). The molecule has 0 aliphatic carbocycles. The molecule has 0 bridgehead atoms. The van der Waals surface area contributed by atoms with Crippen LogP contribution < -0.4 is 4.90 Å². The zero-order valence-corrected chi connectivity index (χ0v) is 13.5. The monoisotopic (exact) mass is 341 g/mol. The SMILES string of the molecule is CN(C(=O)c1ccc(Cl)c(F)c1)c1ccc(S(C)(=O)=O)cc1. The maximum atomic E-state index is 13.4. The van der Waals surface area contributed by atoms with Gasteiger partial charge in [-0.05, 0) is 42.5 Å². The third-order valence-electron chi connectivity index (χ3n) is 3.12. The molecule has 4 nitrogen and oxygen atoms in total. The number of halogens is 2. The van der Waals surface area contributed by atoms with E-state index >= 15 is 0 Å². The third-order valence-corrected chi connectivity index (χ3v) is 4.56. The quantitative estimate of drug-likeness (QED) is 0.861. The van der Waals surface area contributed by atoms with E-state index in [2.05, 4.69) is 0 Å². The van der Waals surface area contributed by atoms with Gasteiger partial charge in [0.2, 0.25) is 0 Å². The molecule has 0 heterocycles. The molecule has 0 aliphatic rings. The molecule has 0 saturated carbocycles. The fraction of sp³-hybridized carbons (Fsp3) is 0.133. The van der Waals surface area contributed by atoms with E-state index in [0.717, 1.165) is 12.3 Å². The summed E-state index contributed by atoms with van der Waals surface area (Å²) in [4.78, 5) is 13.8. The largest absolute Gasteiger partial charge is 0.311 e. The lowest BCUT2D eigenvalue weighted by Crippen LogP contribution is -2.26. The Morgan fingerprint density at radius 2 is 1.73 bits per heavy atom. The van der Waals surface area contributed by atoms with E-state index in [9.17, 15) is 17.6 Å². The lowest BCUT2D eigenvalue weighted by atomic mass is 10.2. The number of carbonyl (C=O) groups excluding carboxylic acids is 1. The van der Waals surface area contributed by atoms with Crippen LogP contribution in [0, 0.1) is 5.82 Å². The normalized spacial score (nSPS) is 11.3. The van der Waals surface area contributed by atoms with Gasteiger partial charge in [-0.2, -0.15) is 0 Å². The van der Waals surface area contributed by atoms with Crippen LogP contribution in [0.15, 0.2) is 47.4 Å². The Morgan fingerprint density at radius 3 is 2.23 bits per heavy atom. The summed E-state index contributed by atoms with van der Waals surface area (Å²) in [6.07, 6.45) is 1.10. The van der Waals surface area contributed by atoms with Crippen LogP contribution in [-0.4, -0.2) is 27.6 Å². The number of sulfone groups is 1. The highest BCUT2D eigenvalue weighted by Crippen LogP contribution is 2.21. The molecule has 0 aliphatic heterocycles. The summed E-state index contributed by atoms with van der Waals surface area (Å²) in [5.41, 5.74) is 0.643. The van der Waals surface area contributed by atoms with Gasteiger partial charge >= 0.3 is 0 Å². The number of nitrogens with zero attached hydrogens (tertiary/aromatic N) is 1. The molecule has 0 saturated heterocycles. The van der Waals surface area contributed by atoms with Crippen molar-refractivity contribution in [2.45, 2.75) is 4.90 Å². The highest BCUT2D eigenvalue weighted by atomic mass is 35.5. The van der Waals surface area contributed by atoms with Crippen molar-refractivity contribution in [3.05, 3.63) is 58.9 Å². The van der Waals surface area contributed by atoms with Gasteiger partial charge in [-0.25, -0.2) is 12.8 Å². The molecule has 0 atom stereocenters. The standard InChI is InChI=1S/C15H13ClFNO3S/c1-18(11-4-6-12(7-5-11)22(2,20)21)15(19)10-3-8-13(16)14(17)9-10/h3-9H,1-2H3. The Balaban J connectivity index is 2.29. The number of hydrogen-bond donors (Lipinski definition) is 0. The van der Waals surface area contributed by atoms with Gasteiger partial charge in [0.15, 0.2) is 9.84 Å². The fourth-order valence-electron chi connectivity index (χ4n) is 1.86. The summed E-state index contributed by atoms with van der Waals surface area (Å²) in [5.74, 6) is -1.10. The zero-order valence-electron chi connectivity index (χ0n) is 11.9. The van der Waals surface area contributed by atoms with Crippen molar-refractivity contribution in [2.24, 2.45) is 0 Å². The fourth-order valence-corrected chi connectivity index (χ4v) is 2.61. The second-order valence-electron chi connectivity index (χ2n) is 4.76. The average Bonchev–Trinajstić information content (AvgIpc) is 2.48. The molecule has 0 spiro atoms. The van der Waals surface area contributed by atoms with Crippen molar-refractivity contribution >= 4 is 33.0 Å². The minimum absolute atomic E-state index is 0.0586. The first-order valence-electron chi connectivity index (χ1n) is 6.23. The van der Waals surface area contributed by atoms with Gasteiger partial charge < -0.3 is 4.90 Å². The lowest BCUT2D eigenvalue weighted by molar-refractivity contribution is 0.0992. The van der Waals surface area contributed by atoms with Gasteiger partial charge in [-0.15, -0.1) is 0 Å². The molecular weight excluding hydrogens is 329 g/mol. The van der Waals surface area contributed by atoms with E-state index in [-0.39, 0.29) is 15.5 Å². The number of rotatable bonds is 3. The first-order valence-corrected chi connectivity index (χ1v) is 8.50. The van der Waals surface area contributed by atoms with Gasteiger partial charge in [0.25, 0.3) is 5.91 Å². The van der Waals surface area contributed by atoms with Crippen LogP contribution in [0.4, 0.5) is 10.1 Å². The first kappa shape index (κ1) is 16.5. The second-order valence-corrected chi connectivity index (χ2v) is 7.18. The highest BCUT2D eigenvalue weighted by molar-refractivity contribution is 7.90. The zero-order chi connectivity index (χ0) is 16.5. The molecule has 0 unspecified atom stereocenters. The summed E-state index contributed by atoms with van der Waals surface area (Å²) in [5, 5.41) is -0.0586. The molecule has 2 aromatic rings. The number of hydrogen-bond acceptors (Lipinski definition) is 3. The molecule has 116 valence electrons. The molecule has 2 aromatic carbocycles. The smallest absolute Gasteiger partial charge is 0.258 e. The maximum absolute atomic E-state index is 13.4. The summed E-state index contributed by atoms with van der Waals surface area (Å²) >= 11 is 5.59. The van der Waals surface area contributed by atoms with Crippen molar-refractivity contribution in [3.63, 3.8) is 0 Å². The van der Waals surface area contributed by atoms with Gasteiger partial charge in [0, 0.05) is 24.6 Å². The van der Waals surface area contributed by atoms with E-state index in [1.807, 2.05) is 0 Å². The molecular formula is C15H13ClFNO3S.